The molecule has 2 rings (SSSR count). The summed E-state index contributed by atoms with van der Waals surface area (Å²) in [5.41, 5.74) is 1.41. The average Bonchev–Trinajstić information content (AvgIpc) is 2.83. The number of hydrogen-bond donors (Lipinski definition) is 0. The van der Waals surface area contributed by atoms with E-state index in [1.807, 2.05) is 0 Å². The highest BCUT2D eigenvalue weighted by atomic mass is 32.1. The Morgan fingerprint density at radius 1 is 1.21 bits per heavy atom. The van der Waals surface area contributed by atoms with Gasteiger partial charge in [0.2, 0.25) is 0 Å². The van der Waals surface area contributed by atoms with Gasteiger partial charge in [-0.1, -0.05) is 12.1 Å². The highest BCUT2D eigenvalue weighted by Crippen LogP contribution is 2.32. The van der Waals surface area contributed by atoms with Crippen LogP contribution in [0.2, 0.25) is 0 Å². The fraction of sp³-hybridized carbons (Fsp3) is 0.0909. The van der Waals surface area contributed by atoms with Crippen LogP contribution in [0.3, 0.4) is 0 Å². The molecule has 0 unspecified atom stereocenters. The van der Waals surface area contributed by atoms with E-state index in [2.05, 4.69) is 9.72 Å². The second-order valence-corrected chi connectivity index (χ2v) is 4.14. The number of esters is 1. The van der Waals surface area contributed by atoms with Crippen molar-refractivity contribution in [2.75, 3.05) is 0 Å². The summed E-state index contributed by atoms with van der Waals surface area (Å²) in [6.07, 6.45) is -3.59. The van der Waals surface area contributed by atoms with Gasteiger partial charge in [-0.15, -0.1) is 24.5 Å². The number of alkyl halides is 3. The van der Waals surface area contributed by atoms with Crippen molar-refractivity contribution in [1.29, 1.82) is 0 Å². The summed E-state index contributed by atoms with van der Waals surface area (Å²) in [5.74, 6) is -1.67. The maximum Gasteiger partial charge on any atom is 0.573 e. The topological polar surface area (TPSA) is 48.4 Å². The molecule has 0 spiro atoms. The Balaban J connectivity index is 2.18. The van der Waals surface area contributed by atoms with Gasteiger partial charge in [0.25, 0.3) is 0 Å². The summed E-state index contributed by atoms with van der Waals surface area (Å²) < 4.78 is 45.1. The summed E-state index contributed by atoms with van der Waals surface area (Å²) in [7, 11) is 0. The first-order valence-electron chi connectivity index (χ1n) is 4.91. The van der Waals surface area contributed by atoms with Gasteiger partial charge in [-0.05, 0) is 12.1 Å². The van der Waals surface area contributed by atoms with Gasteiger partial charge < -0.3 is 9.47 Å². The fourth-order valence-electron chi connectivity index (χ4n) is 1.21. The van der Waals surface area contributed by atoms with Crippen LogP contribution in [0.5, 0.6) is 11.5 Å². The number of benzene rings is 1. The molecule has 0 amide bonds. The molecule has 0 N–H and O–H groups in total. The first-order chi connectivity index (χ1) is 8.96. The Labute approximate surface area is 109 Å². The number of halogens is 3. The van der Waals surface area contributed by atoms with E-state index in [4.69, 9.17) is 4.74 Å². The van der Waals surface area contributed by atoms with Crippen LogP contribution < -0.4 is 9.47 Å². The first kappa shape index (κ1) is 13.3. The zero-order valence-corrected chi connectivity index (χ0v) is 9.99. The van der Waals surface area contributed by atoms with Crippen molar-refractivity contribution in [3.63, 3.8) is 0 Å². The van der Waals surface area contributed by atoms with E-state index >= 15 is 0 Å². The molecule has 100 valence electrons. The van der Waals surface area contributed by atoms with E-state index < -0.39 is 18.1 Å². The van der Waals surface area contributed by atoms with Gasteiger partial charge in [-0.3, -0.25) is 4.98 Å². The Morgan fingerprint density at radius 3 is 2.47 bits per heavy atom. The molecular weight excluding hydrogens is 283 g/mol. The zero-order chi connectivity index (χ0) is 13.9. The lowest BCUT2D eigenvalue weighted by Crippen LogP contribution is -2.18. The number of hydrogen-bond acceptors (Lipinski definition) is 5. The van der Waals surface area contributed by atoms with E-state index in [1.54, 1.807) is 0 Å². The second-order valence-electron chi connectivity index (χ2n) is 3.25. The van der Waals surface area contributed by atoms with Crippen LogP contribution in [0.25, 0.3) is 0 Å². The van der Waals surface area contributed by atoms with Gasteiger partial charge in [-0.25, -0.2) is 4.79 Å². The van der Waals surface area contributed by atoms with Gasteiger partial charge in [0.15, 0.2) is 11.5 Å². The molecule has 0 saturated heterocycles. The van der Waals surface area contributed by atoms with E-state index in [1.165, 1.54) is 29.9 Å². The van der Waals surface area contributed by atoms with Crippen LogP contribution in [0.1, 0.15) is 9.67 Å². The Morgan fingerprint density at radius 2 is 1.89 bits per heavy atom. The lowest BCUT2D eigenvalue weighted by atomic mass is 10.3. The summed E-state index contributed by atoms with van der Waals surface area (Å²) in [6.45, 7) is 0. The van der Waals surface area contributed by atoms with Crippen molar-refractivity contribution in [2.24, 2.45) is 0 Å². The summed E-state index contributed by atoms with van der Waals surface area (Å²) in [4.78, 5) is 15.5. The van der Waals surface area contributed by atoms with Crippen molar-refractivity contribution >= 4 is 17.3 Å². The third-order valence-electron chi connectivity index (χ3n) is 1.91. The number of nitrogens with zero attached hydrogens (tertiary/aromatic N) is 1. The number of thiazole rings is 1. The maximum absolute atomic E-state index is 12.2. The highest BCUT2D eigenvalue weighted by molar-refractivity contribution is 7.11. The van der Waals surface area contributed by atoms with Gasteiger partial charge >= 0.3 is 12.3 Å². The lowest BCUT2D eigenvalue weighted by Gasteiger charge is -2.12. The Bertz CT molecular complexity index is 569. The predicted molar refractivity (Wildman–Crippen MR) is 60.2 cm³/mol. The van der Waals surface area contributed by atoms with E-state index in [-0.39, 0.29) is 10.6 Å². The molecule has 0 aliphatic carbocycles. The molecule has 19 heavy (non-hydrogen) atoms. The minimum absolute atomic E-state index is 0.182. The molecule has 0 aliphatic heterocycles. The van der Waals surface area contributed by atoms with E-state index in [0.717, 1.165) is 17.4 Å². The van der Waals surface area contributed by atoms with E-state index in [0.29, 0.717) is 0 Å². The molecule has 0 fully saturated rings. The summed E-state index contributed by atoms with van der Waals surface area (Å²) in [6, 6.07) is 5.03. The van der Waals surface area contributed by atoms with Gasteiger partial charge in [0.1, 0.15) is 4.88 Å². The van der Waals surface area contributed by atoms with Crippen molar-refractivity contribution in [2.45, 2.75) is 6.36 Å². The second kappa shape index (κ2) is 5.27. The quantitative estimate of drug-likeness (QED) is 0.643. The molecular formula is C11H6F3NO3S. The number of ether oxygens (including phenoxy) is 2. The molecule has 4 nitrogen and oxygen atoms in total. The number of para-hydroxylation sites is 2. The number of carbonyl (C=O) groups is 1. The number of rotatable bonds is 3. The minimum atomic E-state index is -4.85. The molecule has 2 aromatic rings. The molecule has 1 aromatic heterocycles. The molecule has 0 bridgehead atoms. The SMILES string of the molecule is O=C(Oc1ccccc1OC(F)(F)F)c1cncs1. The van der Waals surface area contributed by atoms with Crippen LogP contribution in [0.4, 0.5) is 13.2 Å². The largest absolute Gasteiger partial charge is 0.573 e. The average molecular weight is 289 g/mol. The van der Waals surface area contributed by atoms with Crippen LogP contribution in [0, 0.1) is 0 Å². The smallest absolute Gasteiger partial charge is 0.418 e. The van der Waals surface area contributed by atoms with Crippen LogP contribution in [-0.4, -0.2) is 17.3 Å². The van der Waals surface area contributed by atoms with Crippen molar-refractivity contribution < 1.29 is 27.4 Å². The first-order valence-corrected chi connectivity index (χ1v) is 5.79. The minimum Gasteiger partial charge on any atom is -0.418 e. The monoisotopic (exact) mass is 289 g/mol. The number of carbonyl (C=O) groups excluding carboxylic acids is 1. The van der Waals surface area contributed by atoms with Crippen molar-refractivity contribution in [3.8, 4) is 11.5 Å². The van der Waals surface area contributed by atoms with Crippen LogP contribution in [-0.2, 0) is 0 Å². The van der Waals surface area contributed by atoms with E-state index in [9.17, 15) is 18.0 Å². The third-order valence-corrected chi connectivity index (χ3v) is 2.66. The van der Waals surface area contributed by atoms with Crippen molar-refractivity contribution in [3.05, 3.63) is 40.8 Å². The molecule has 0 radical (unpaired) electrons. The highest BCUT2D eigenvalue weighted by Gasteiger charge is 2.32. The summed E-state index contributed by atoms with van der Waals surface area (Å²) >= 11 is 1.02. The van der Waals surface area contributed by atoms with Gasteiger partial charge in [0, 0.05) is 0 Å². The van der Waals surface area contributed by atoms with Crippen molar-refractivity contribution in [1.82, 2.24) is 4.98 Å². The molecule has 1 heterocycles. The predicted octanol–water partition coefficient (Wildman–Crippen LogP) is 3.26. The Hall–Kier alpha value is -2.09. The van der Waals surface area contributed by atoms with Gasteiger partial charge in [0.05, 0.1) is 11.7 Å². The Kier molecular flexibility index (Phi) is 3.70. The lowest BCUT2D eigenvalue weighted by molar-refractivity contribution is -0.275. The molecule has 0 saturated carbocycles. The molecule has 8 heteroatoms. The van der Waals surface area contributed by atoms with Crippen LogP contribution in [0.15, 0.2) is 36.0 Å². The number of aromatic nitrogens is 1. The standard InChI is InChI=1S/C11H6F3NO3S/c12-11(13,14)18-8-4-2-1-3-7(8)17-10(16)9-5-15-6-19-9/h1-6H. The molecule has 0 atom stereocenters. The molecule has 1 aromatic carbocycles. The van der Waals surface area contributed by atoms with Gasteiger partial charge in [-0.2, -0.15) is 0 Å². The van der Waals surface area contributed by atoms with Crippen LogP contribution >= 0.6 is 11.3 Å². The maximum atomic E-state index is 12.2. The third kappa shape index (κ3) is 3.68. The zero-order valence-electron chi connectivity index (χ0n) is 9.18. The summed E-state index contributed by atoms with van der Waals surface area (Å²) in [5, 5.41) is 0. The fourth-order valence-corrected chi connectivity index (χ4v) is 1.71. The normalized spacial score (nSPS) is 11.1. The molecule has 0 aliphatic rings.